The molecule has 2 aliphatic rings. The molecule has 10 heteroatoms. The van der Waals surface area contributed by atoms with Gasteiger partial charge >= 0.3 is 6.03 Å². The molecule has 1 N–H and O–H groups in total. The van der Waals surface area contributed by atoms with Gasteiger partial charge in [-0.1, -0.05) is 24.3 Å². The fourth-order valence-electron chi connectivity index (χ4n) is 4.83. The van der Waals surface area contributed by atoms with Crippen molar-refractivity contribution in [1.82, 2.24) is 24.9 Å². The van der Waals surface area contributed by atoms with Crippen molar-refractivity contribution in [2.75, 3.05) is 26.2 Å². The molecule has 35 heavy (non-hydrogen) atoms. The number of halogens is 1. The number of carbonyl (C=O) groups excluding carboxylic acids is 3. The van der Waals surface area contributed by atoms with E-state index in [0.29, 0.717) is 48.0 Å². The number of carbonyl (C=O) groups is 3. The van der Waals surface area contributed by atoms with Gasteiger partial charge in [0.2, 0.25) is 0 Å². The minimum absolute atomic E-state index is 0.0456. The minimum atomic E-state index is -0.646. The smallest absolute Gasteiger partial charge is 0.327 e. The zero-order chi connectivity index (χ0) is 24.7. The van der Waals surface area contributed by atoms with Crippen LogP contribution in [0.2, 0.25) is 0 Å². The topological polar surface area (TPSA) is 107 Å². The third kappa shape index (κ3) is 4.05. The number of fused-ring (bicyclic) bond motifs is 1. The van der Waals surface area contributed by atoms with Crippen molar-refractivity contribution in [3.05, 3.63) is 75.5 Å². The summed E-state index contributed by atoms with van der Waals surface area (Å²) >= 11 is 0. The fourth-order valence-corrected chi connectivity index (χ4v) is 4.83. The van der Waals surface area contributed by atoms with Gasteiger partial charge in [0.25, 0.3) is 17.4 Å². The number of likely N-dealkylation sites (N-methyl/N-ethyl adjacent to an activating group) is 1. The summed E-state index contributed by atoms with van der Waals surface area (Å²) in [5.41, 5.74) is 0.905. The van der Waals surface area contributed by atoms with Gasteiger partial charge in [0.05, 0.1) is 22.7 Å². The Kier molecular flexibility index (Phi) is 5.80. The summed E-state index contributed by atoms with van der Waals surface area (Å²) in [5, 5.41) is 7.84. The van der Waals surface area contributed by atoms with Crippen LogP contribution < -0.4 is 5.56 Å². The number of H-pyrrole nitrogens is 1. The van der Waals surface area contributed by atoms with E-state index in [2.05, 4.69) is 10.2 Å². The summed E-state index contributed by atoms with van der Waals surface area (Å²) in [5.74, 6) is -1.41. The van der Waals surface area contributed by atoms with E-state index in [0.717, 1.165) is 0 Å². The minimum Gasteiger partial charge on any atom is -0.336 e. The molecule has 3 aromatic rings. The number of hydrogen-bond acceptors (Lipinski definition) is 5. The van der Waals surface area contributed by atoms with Gasteiger partial charge in [-0.05, 0) is 37.1 Å². The molecule has 0 saturated carbocycles. The molecule has 0 spiro atoms. The van der Waals surface area contributed by atoms with E-state index in [9.17, 15) is 23.6 Å². The van der Waals surface area contributed by atoms with Crippen LogP contribution in [-0.4, -0.2) is 75.0 Å². The third-order valence-corrected chi connectivity index (χ3v) is 6.68. The van der Waals surface area contributed by atoms with Crippen LogP contribution in [0.5, 0.6) is 0 Å². The number of urea groups is 1. The van der Waals surface area contributed by atoms with E-state index >= 15 is 0 Å². The van der Waals surface area contributed by atoms with Crippen molar-refractivity contribution in [3.8, 4) is 0 Å². The van der Waals surface area contributed by atoms with Crippen LogP contribution in [-0.2, 0) is 11.2 Å². The zero-order valence-corrected chi connectivity index (χ0v) is 19.2. The molecule has 0 bridgehead atoms. The highest BCUT2D eigenvalue weighted by Gasteiger charge is 2.43. The molecule has 0 aliphatic carbocycles. The first-order valence-corrected chi connectivity index (χ1v) is 11.5. The summed E-state index contributed by atoms with van der Waals surface area (Å²) in [4.78, 5) is 54.3. The lowest BCUT2D eigenvalue weighted by Crippen LogP contribution is -2.43. The molecule has 2 aliphatic heterocycles. The highest BCUT2D eigenvalue weighted by atomic mass is 19.1. The lowest BCUT2D eigenvalue weighted by Gasteiger charge is -2.23. The molecule has 0 unspecified atom stereocenters. The maximum atomic E-state index is 14.7. The Morgan fingerprint density at radius 2 is 1.91 bits per heavy atom. The molecule has 2 fully saturated rings. The summed E-state index contributed by atoms with van der Waals surface area (Å²) in [6, 6.07) is 10.7. The average Bonchev–Trinajstić information content (AvgIpc) is 3.45. The van der Waals surface area contributed by atoms with Gasteiger partial charge in [-0.3, -0.25) is 19.3 Å². The van der Waals surface area contributed by atoms with E-state index in [1.165, 1.54) is 26.8 Å². The van der Waals surface area contributed by atoms with Gasteiger partial charge in [0.15, 0.2) is 0 Å². The number of nitrogens with zero attached hydrogens (tertiary/aromatic N) is 4. The standard InChI is InChI=1S/C25H24FN5O4/c1-2-29-14-22(32)31(25(29)35)16-9-10-30(13-16)24(34)19-11-15(7-8-20(19)26)12-21-17-5-3-4-6-18(17)23(33)28-27-21/h3-8,11,16H,2,9-10,12-14H2,1H3,(H,28,33)/t16-/m1/s1. The van der Waals surface area contributed by atoms with Crippen LogP contribution in [0.4, 0.5) is 9.18 Å². The highest BCUT2D eigenvalue weighted by Crippen LogP contribution is 2.25. The fraction of sp³-hybridized carbons (Fsp3) is 0.320. The van der Waals surface area contributed by atoms with E-state index in [1.807, 2.05) is 6.07 Å². The van der Waals surface area contributed by atoms with Gasteiger partial charge < -0.3 is 9.80 Å². The number of likely N-dealkylation sites (tertiary alicyclic amines) is 1. The highest BCUT2D eigenvalue weighted by molar-refractivity contribution is 6.02. The van der Waals surface area contributed by atoms with Crippen LogP contribution in [0.3, 0.4) is 0 Å². The monoisotopic (exact) mass is 477 g/mol. The Morgan fingerprint density at radius 1 is 1.14 bits per heavy atom. The van der Waals surface area contributed by atoms with Crippen molar-refractivity contribution in [3.63, 3.8) is 0 Å². The number of aromatic amines is 1. The molecule has 0 radical (unpaired) electrons. The zero-order valence-electron chi connectivity index (χ0n) is 19.2. The Labute approximate surface area is 200 Å². The predicted molar refractivity (Wildman–Crippen MR) is 125 cm³/mol. The number of hydrogen-bond donors (Lipinski definition) is 1. The Balaban J connectivity index is 1.36. The lowest BCUT2D eigenvalue weighted by atomic mass is 10.0. The van der Waals surface area contributed by atoms with Crippen LogP contribution in [0, 0.1) is 5.82 Å². The lowest BCUT2D eigenvalue weighted by molar-refractivity contribution is -0.126. The first kappa shape index (κ1) is 22.7. The number of aromatic nitrogens is 2. The van der Waals surface area contributed by atoms with Gasteiger partial charge in [0.1, 0.15) is 12.4 Å². The van der Waals surface area contributed by atoms with E-state index in [4.69, 9.17) is 0 Å². The van der Waals surface area contributed by atoms with Crippen LogP contribution in [0.25, 0.3) is 10.8 Å². The van der Waals surface area contributed by atoms with Crippen molar-refractivity contribution in [1.29, 1.82) is 0 Å². The molecular formula is C25H24FN5O4. The van der Waals surface area contributed by atoms with E-state index in [1.54, 1.807) is 31.2 Å². The van der Waals surface area contributed by atoms with Crippen molar-refractivity contribution < 1.29 is 18.8 Å². The van der Waals surface area contributed by atoms with Gasteiger partial charge in [-0.25, -0.2) is 14.3 Å². The maximum Gasteiger partial charge on any atom is 0.327 e. The average molecular weight is 477 g/mol. The second-order valence-electron chi connectivity index (χ2n) is 8.79. The first-order valence-electron chi connectivity index (χ1n) is 11.5. The molecule has 2 saturated heterocycles. The third-order valence-electron chi connectivity index (χ3n) is 6.68. The summed E-state index contributed by atoms with van der Waals surface area (Å²) in [7, 11) is 0. The first-order chi connectivity index (χ1) is 16.9. The van der Waals surface area contributed by atoms with Crippen LogP contribution >= 0.6 is 0 Å². The predicted octanol–water partition coefficient (Wildman–Crippen LogP) is 2.15. The van der Waals surface area contributed by atoms with Crippen molar-refractivity contribution in [2.45, 2.75) is 25.8 Å². The molecule has 3 heterocycles. The molecular weight excluding hydrogens is 453 g/mol. The maximum absolute atomic E-state index is 14.7. The number of imide groups is 1. The summed E-state index contributed by atoms with van der Waals surface area (Å²) in [6.07, 6.45) is 0.749. The number of amides is 4. The molecule has 180 valence electrons. The van der Waals surface area contributed by atoms with Gasteiger partial charge in [-0.15, -0.1) is 0 Å². The second kappa shape index (κ2) is 8.94. The van der Waals surface area contributed by atoms with Crippen LogP contribution in [0.1, 0.15) is 35.0 Å². The van der Waals surface area contributed by atoms with E-state index < -0.39 is 17.8 Å². The van der Waals surface area contributed by atoms with E-state index in [-0.39, 0.29) is 36.2 Å². The van der Waals surface area contributed by atoms with Crippen LogP contribution in [0.15, 0.2) is 47.3 Å². The SMILES string of the molecule is CCN1CC(=O)N([C@@H]2CCN(C(=O)c3cc(Cc4n[nH]c(=O)c5ccccc45)ccc3F)C2)C1=O. The molecule has 1 aromatic heterocycles. The quantitative estimate of drug-likeness (QED) is 0.567. The molecule has 1 atom stereocenters. The Hall–Kier alpha value is -4.08. The molecule has 5 rings (SSSR count). The normalized spacial score (nSPS) is 18.2. The van der Waals surface area contributed by atoms with Crippen molar-refractivity contribution in [2.24, 2.45) is 0 Å². The summed E-state index contributed by atoms with van der Waals surface area (Å²) < 4.78 is 14.7. The molecule has 9 nitrogen and oxygen atoms in total. The molecule has 4 amide bonds. The Morgan fingerprint density at radius 3 is 2.66 bits per heavy atom. The Bertz CT molecular complexity index is 1400. The van der Waals surface area contributed by atoms with Gasteiger partial charge in [0, 0.05) is 31.4 Å². The van der Waals surface area contributed by atoms with Gasteiger partial charge in [-0.2, -0.15) is 5.10 Å². The largest absolute Gasteiger partial charge is 0.336 e. The second-order valence-corrected chi connectivity index (χ2v) is 8.79. The number of nitrogens with one attached hydrogen (secondary N) is 1. The number of benzene rings is 2. The van der Waals surface area contributed by atoms with Crippen molar-refractivity contribution >= 4 is 28.6 Å². The summed E-state index contributed by atoms with van der Waals surface area (Å²) in [6.45, 7) is 2.78. The number of rotatable bonds is 5. The molecule has 2 aromatic carbocycles.